The van der Waals surface area contributed by atoms with E-state index in [0.717, 1.165) is 88.6 Å². The van der Waals surface area contributed by atoms with Gasteiger partial charge in [0, 0.05) is 23.2 Å². The average molecular weight is 1360 g/mol. The van der Waals surface area contributed by atoms with Crippen molar-refractivity contribution in [2.75, 3.05) is 0 Å². The standard InChI is InChI=1S/2C28H20.C12H8N2.2Au.2ClH/c2*1-5-13-23(14-6-1)21-27(25-17-9-3-10-18-25)28(26-19-11-4-12-20-26)22-24-15-7-2-8-16-24;1-3-9-5-6-10-4-2-8-14-12(10)11(9)13-7-1;;;;/h2*1-20H;1-8H;;;2*1H/q2*-2;;+1;+3;;/p-2. The maximum Gasteiger partial charge on any atom is 0.0964 e. The summed E-state index contributed by atoms with van der Waals surface area (Å²) in [4.78, 5) is 8.69. The van der Waals surface area contributed by atoms with Crippen molar-refractivity contribution in [3.8, 4) is 0 Å². The van der Waals surface area contributed by atoms with E-state index in [-0.39, 0.29) is 40.0 Å². The SMILES string of the molecule is [Au+3].[C-](=C(C(=[C-]c1ccccc1)c1ccccc1)c1ccccc1)c1ccccc1.[C-](=C(C(=[C-]c1ccccc1)c1ccccc1)c1ccccc1)c1ccccc1.[Cl][Au-][Cl].c1cnc2c(c1)ccc1cccnc12. The third kappa shape index (κ3) is 16.2. The Morgan fingerprint density at radius 1 is 0.270 bits per heavy atom. The van der Waals surface area contributed by atoms with Crippen LogP contribution in [0.1, 0.15) is 44.5 Å². The molecular formula is C68H48Au2Cl2N2-2. The van der Waals surface area contributed by atoms with Gasteiger partial charge in [0.25, 0.3) is 0 Å². The molecule has 6 heteroatoms. The fraction of sp³-hybridized carbons (Fsp3) is 0. The second-order valence-corrected chi connectivity index (χ2v) is 19.3. The number of benzene rings is 9. The number of rotatable bonds is 10. The topological polar surface area (TPSA) is 25.8 Å². The maximum absolute atomic E-state index is 4.86. The van der Waals surface area contributed by atoms with Gasteiger partial charge in [-0.15, -0.1) is 93.0 Å². The number of pyridine rings is 2. The quantitative estimate of drug-likeness (QED) is 0.0448. The zero-order valence-electron chi connectivity index (χ0n) is 40.0. The Morgan fingerprint density at radius 2 is 0.473 bits per heavy atom. The fourth-order valence-electron chi connectivity index (χ4n) is 7.88. The van der Waals surface area contributed by atoms with Crippen molar-refractivity contribution < 1.29 is 40.0 Å². The molecule has 2 aromatic heterocycles. The van der Waals surface area contributed by atoms with Gasteiger partial charge in [-0.25, -0.2) is 0 Å². The molecule has 0 bridgehead atoms. The van der Waals surface area contributed by atoms with Crippen molar-refractivity contribution in [2.45, 2.75) is 0 Å². The van der Waals surface area contributed by atoms with E-state index in [1.54, 1.807) is 12.4 Å². The molecule has 2 heterocycles. The monoisotopic (exact) mass is 1360 g/mol. The Labute approximate surface area is 468 Å². The summed E-state index contributed by atoms with van der Waals surface area (Å²) in [6, 6.07) is 94.8. The van der Waals surface area contributed by atoms with Crippen LogP contribution in [0.5, 0.6) is 0 Å². The molecule has 9 aromatic carbocycles. The van der Waals surface area contributed by atoms with Crippen molar-refractivity contribution in [1.82, 2.24) is 9.97 Å². The zero-order valence-corrected chi connectivity index (χ0v) is 45.8. The van der Waals surface area contributed by atoms with Crippen LogP contribution < -0.4 is 0 Å². The van der Waals surface area contributed by atoms with Crippen LogP contribution in [-0.2, 0) is 40.0 Å². The Hall–Kier alpha value is -7.18. The van der Waals surface area contributed by atoms with Gasteiger partial charge in [0.15, 0.2) is 0 Å². The summed E-state index contributed by atoms with van der Waals surface area (Å²) < 4.78 is 0. The van der Waals surface area contributed by atoms with E-state index < -0.39 is 0 Å². The number of allylic oxidation sites excluding steroid dienone is 4. The summed E-state index contributed by atoms with van der Waals surface area (Å²) in [5.74, 6) is 0. The van der Waals surface area contributed by atoms with Gasteiger partial charge in [-0.05, 0) is 12.1 Å². The summed E-state index contributed by atoms with van der Waals surface area (Å²) in [5, 5.41) is 2.28. The van der Waals surface area contributed by atoms with Crippen LogP contribution in [0.25, 0.3) is 44.1 Å². The fourth-order valence-corrected chi connectivity index (χ4v) is 7.88. The molecule has 74 heavy (non-hydrogen) atoms. The molecular weight excluding hydrogens is 1310 g/mol. The van der Waals surface area contributed by atoms with Crippen LogP contribution in [0, 0.1) is 24.3 Å². The molecule has 0 aliphatic rings. The Balaban J connectivity index is 0.000000164. The molecule has 0 atom stereocenters. The van der Waals surface area contributed by atoms with Crippen LogP contribution >= 0.6 is 18.4 Å². The summed E-state index contributed by atoms with van der Waals surface area (Å²) in [7, 11) is 9.72. The number of halogens is 2. The normalized spacial score (nSPS) is 11.4. The van der Waals surface area contributed by atoms with E-state index in [4.69, 9.17) is 18.4 Å². The minimum absolute atomic E-state index is 0. The van der Waals surface area contributed by atoms with Gasteiger partial charge >= 0.3 is 58.4 Å². The minimum atomic E-state index is -0.389. The van der Waals surface area contributed by atoms with Gasteiger partial charge in [-0.1, -0.05) is 218 Å². The molecule has 0 saturated carbocycles. The summed E-state index contributed by atoms with van der Waals surface area (Å²) in [6.07, 6.45) is 18.1. The Bertz CT molecular complexity index is 3090. The number of nitrogens with zero attached hydrogens (tertiary/aromatic N) is 2. The molecule has 0 unspecified atom stereocenters. The van der Waals surface area contributed by atoms with Crippen molar-refractivity contribution in [3.63, 3.8) is 0 Å². The smallest absolute Gasteiger partial charge is 0.0964 e. The largest absolute Gasteiger partial charge is 0.254 e. The van der Waals surface area contributed by atoms with Crippen molar-refractivity contribution in [3.05, 3.63) is 360 Å². The van der Waals surface area contributed by atoms with Gasteiger partial charge in [0.05, 0.1) is 11.0 Å². The van der Waals surface area contributed by atoms with Gasteiger partial charge in [0.1, 0.15) is 0 Å². The van der Waals surface area contributed by atoms with Crippen LogP contribution in [0.15, 0.2) is 291 Å². The third-order valence-corrected chi connectivity index (χ3v) is 11.3. The predicted octanol–water partition coefficient (Wildman–Crippen LogP) is 17.9. The minimum Gasteiger partial charge on any atom is -0.254 e. The molecule has 0 amide bonds. The number of fused-ring (bicyclic) bond motifs is 3. The first-order chi connectivity index (χ1) is 36.2. The van der Waals surface area contributed by atoms with Crippen LogP contribution in [0.3, 0.4) is 0 Å². The van der Waals surface area contributed by atoms with Gasteiger partial charge < -0.3 is 0 Å². The van der Waals surface area contributed by atoms with Crippen molar-refractivity contribution in [2.24, 2.45) is 0 Å². The third-order valence-electron chi connectivity index (χ3n) is 11.3. The maximum atomic E-state index is 4.86. The Morgan fingerprint density at radius 3 is 0.689 bits per heavy atom. The number of hydrogen-bond donors (Lipinski definition) is 0. The molecule has 11 rings (SSSR count). The van der Waals surface area contributed by atoms with E-state index in [2.05, 4.69) is 204 Å². The second-order valence-electron chi connectivity index (χ2n) is 16.2. The van der Waals surface area contributed by atoms with Gasteiger partial charge in [-0.3, -0.25) is 9.97 Å². The first-order valence-corrected chi connectivity index (χ1v) is 28.9. The molecule has 368 valence electrons. The van der Waals surface area contributed by atoms with E-state index in [9.17, 15) is 0 Å². The first kappa shape index (κ1) is 54.6. The van der Waals surface area contributed by atoms with Crippen LogP contribution in [0.4, 0.5) is 0 Å². The van der Waals surface area contributed by atoms with Gasteiger partial charge in [0.2, 0.25) is 0 Å². The molecule has 0 aliphatic carbocycles. The summed E-state index contributed by atoms with van der Waals surface area (Å²) in [6.45, 7) is 0. The zero-order chi connectivity index (χ0) is 50.1. The first-order valence-electron chi connectivity index (χ1n) is 23.5. The van der Waals surface area contributed by atoms with Crippen LogP contribution in [-0.4, -0.2) is 9.97 Å². The van der Waals surface area contributed by atoms with E-state index in [0.29, 0.717) is 0 Å². The summed E-state index contributed by atoms with van der Waals surface area (Å²) >= 11 is -0.389. The molecule has 2 nitrogen and oxygen atoms in total. The second kappa shape index (κ2) is 30.1. The predicted molar refractivity (Wildman–Crippen MR) is 303 cm³/mol. The molecule has 0 radical (unpaired) electrons. The molecule has 0 spiro atoms. The molecule has 0 aliphatic heterocycles. The summed E-state index contributed by atoms with van der Waals surface area (Å²) in [5.41, 5.74) is 14.7. The number of aromatic nitrogens is 2. The van der Waals surface area contributed by atoms with Crippen LogP contribution in [0.2, 0.25) is 0 Å². The molecule has 0 N–H and O–H groups in total. The number of hydrogen-bond acceptors (Lipinski definition) is 2. The average Bonchev–Trinajstić information content (AvgIpc) is 3.47. The Kier molecular flexibility index (Phi) is 22.2. The van der Waals surface area contributed by atoms with E-state index in [1.807, 2.05) is 109 Å². The van der Waals surface area contributed by atoms with Crippen molar-refractivity contribution in [1.29, 1.82) is 0 Å². The molecule has 0 fully saturated rings. The van der Waals surface area contributed by atoms with E-state index in [1.165, 1.54) is 0 Å². The van der Waals surface area contributed by atoms with Gasteiger partial charge in [-0.2, -0.15) is 46.6 Å². The molecule has 0 saturated heterocycles. The van der Waals surface area contributed by atoms with E-state index >= 15 is 0 Å². The van der Waals surface area contributed by atoms with Crippen molar-refractivity contribution >= 4 is 62.5 Å². The molecule has 11 aromatic rings.